The molecule has 4 atom stereocenters. The first-order chi connectivity index (χ1) is 8.37. The molecule has 2 rings (SSSR count). The lowest BCUT2D eigenvalue weighted by Gasteiger charge is -2.28. The van der Waals surface area contributed by atoms with Crippen LogP contribution in [-0.4, -0.2) is 48.4 Å². The Hall–Kier alpha value is -1.09. The van der Waals surface area contributed by atoms with Crippen LogP contribution < -0.4 is 11.4 Å². The first-order valence-corrected chi connectivity index (χ1v) is 6.33. The van der Waals surface area contributed by atoms with Gasteiger partial charge in [-0.25, -0.2) is 4.79 Å². The molecule has 100 valence electrons. The Labute approximate surface area is 107 Å². The monoisotopic (exact) mass is 273 g/mol. The molecule has 18 heavy (non-hydrogen) atoms. The van der Waals surface area contributed by atoms with Crippen LogP contribution in [0.3, 0.4) is 0 Å². The van der Waals surface area contributed by atoms with Crippen molar-refractivity contribution in [3.8, 4) is 0 Å². The average Bonchev–Trinajstić information content (AvgIpc) is 2.52. The van der Waals surface area contributed by atoms with Gasteiger partial charge < -0.3 is 21.1 Å². The number of nitrogens with two attached hydrogens (primary N) is 1. The summed E-state index contributed by atoms with van der Waals surface area (Å²) in [6, 6.07) is 1.44. The van der Waals surface area contributed by atoms with Gasteiger partial charge in [-0.1, -0.05) is 0 Å². The molecular weight excluding hydrogens is 258 g/mol. The number of rotatable bonds is 2. The van der Waals surface area contributed by atoms with Crippen molar-refractivity contribution in [2.45, 2.75) is 29.3 Å². The summed E-state index contributed by atoms with van der Waals surface area (Å²) in [5, 5.41) is 28.0. The van der Waals surface area contributed by atoms with Crippen LogP contribution in [0.25, 0.3) is 0 Å². The third-order valence-electron chi connectivity index (χ3n) is 3.04. The number of aliphatic hydroxyl groups excluding tert-OH is 2. The van der Waals surface area contributed by atoms with Gasteiger partial charge in [-0.2, -0.15) is 4.98 Å². The standard InChI is InChI=1S/C10H15N3O4S/c1-10(17)7(15)5(4-14)18-8(10)13-3-2-6(11)12-9(13)16/h2-3,5,7-8,14-15,17H,4H2,1H3,(H2,11,12,16)/t5-,7-,8-,10+/m1/s1. The summed E-state index contributed by atoms with van der Waals surface area (Å²) in [6.07, 6.45) is 0.297. The van der Waals surface area contributed by atoms with Gasteiger partial charge in [-0.05, 0) is 13.0 Å². The molecule has 0 radical (unpaired) electrons. The first kappa shape index (κ1) is 13.3. The minimum Gasteiger partial charge on any atom is -0.395 e. The molecule has 0 aromatic carbocycles. The zero-order chi connectivity index (χ0) is 13.5. The van der Waals surface area contributed by atoms with E-state index in [1.807, 2.05) is 0 Å². The largest absolute Gasteiger partial charge is 0.395 e. The van der Waals surface area contributed by atoms with Gasteiger partial charge in [0.15, 0.2) is 0 Å². The predicted octanol–water partition coefficient (Wildman–Crippen LogP) is -1.46. The lowest BCUT2D eigenvalue weighted by molar-refractivity contribution is -0.0684. The SMILES string of the molecule is C[C@]1(O)[C@H](O)[C@@H](CO)S[C@H]1n1ccc(N)nc1=O. The Morgan fingerprint density at radius 1 is 1.67 bits per heavy atom. The zero-order valence-electron chi connectivity index (χ0n) is 9.72. The molecule has 1 saturated heterocycles. The van der Waals surface area contributed by atoms with Crippen LogP contribution in [0.4, 0.5) is 5.82 Å². The van der Waals surface area contributed by atoms with E-state index < -0.39 is 28.0 Å². The number of hydrogen-bond acceptors (Lipinski definition) is 7. The molecule has 1 aliphatic heterocycles. The van der Waals surface area contributed by atoms with Crippen molar-refractivity contribution in [2.75, 3.05) is 12.3 Å². The number of thioether (sulfide) groups is 1. The van der Waals surface area contributed by atoms with Crippen molar-refractivity contribution in [1.29, 1.82) is 0 Å². The Morgan fingerprint density at radius 3 is 2.83 bits per heavy atom. The second kappa shape index (κ2) is 4.54. The number of aromatic nitrogens is 2. The highest BCUT2D eigenvalue weighted by atomic mass is 32.2. The van der Waals surface area contributed by atoms with Crippen LogP contribution >= 0.6 is 11.8 Å². The summed E-state index contributed by atoms with van der Waals surface area (Å²) in [5.41, 5.74) is 3.26. The average molecular weight is 273 g/mol. The highest BCUT2D eigenvalue weighted by molar-refractivity contribution is 8.00. The quantitative estimate of drug-likeness (QED) is 0.519. The van der Waals surface area contributed by atoms with E-state index in [2.05, 4.69) is 4.98 Å². The Bertz CT molecular complexity index is 504. The minimum atomic E-state index is -1.53. The normalized spacial score (nSPS) is 35.9. The molecular formula is C10H15N3O4S. The summed E-state index contributed by atoms with van der Waals surface area (Å²) in [6.45, 7) is 1.14. The Morgan fingerprint density at radius 2 is 2.33 bits per heavy atom. The van der Waals surface area contributed by atoms with Crippen molar-refractivity contribution in [3.05, 3.63) is 22.7 Å². The molecule has 1 aromatic rings. The van der Waals surface area contributed by atoms with E-state index in [9.17, 15) is 15.0 Å². The van der Waals surface area contributed by atoms with E-state index in [0.29, 0.717) is 0 Å². The molecule has 1 aromatic heterocycles. The molecule has 5 N–H and O–H groups in total. The molecule has 1 fully saturated rings. The zero-order valence-corrected chi connectivity index (χ0v) is 10.5. The Balaban J connectivity index is 2.42. The molecule has 1 aliphatic rings. The molecule has 7 nitrogen and oxygen atoms in total. The van der Waals surface area contributed by atoms with Gasteiger partial charge in [-0.3, -0.25) is 4.57 Å². The molecule has 0 unspecified atom stereocenters. The van der Waals surface area contributed by atoms with Gasteiger partial charge in [0.25, 0.3) is 0 Å². The summed E-state index contributed by atoms with van der Waals surface area (Å²) in [7, 11) is 0. The van der Waals surface area contributed by atoms with E-state index in [1.54, 1.807) is 0 Å². The topological polar surface area (TPSA) is 122 Å². The van der Waals surface area contributed by atoms with Crippen molar-refractivity contribution in [2.24, 2.45) is 0 Å². The second-order valence-corrected chi connectivity index (χ2v) is 5.75. The molecule has 0 aliphatic carbocycles. The van der Waals surface area contributed by atoms with Gasteiger partial charge in [-0.15, -0.1) is 11.8 Å². The van der Waals surface area contributed by atoms with Crippen LogP contribution in [0.5, 0.6) is 0 Å². The fourth-order valence-electron chi connectivity index (χ4n) is 1.99. The third-order valence-corrected chi connectivity index (χ3v) is 4.76. The number of aliphatic hydroxyl groups is 3. The maximum Gasteiger partial charge on any atom is 0.350 e. The van der Waals surface area contributed by atoms with E-state index in [0.717, 1.165) is 11.8 Å². The van der Waals surface area contributed by atoms with E-state index >= 15 is 0 Å². The fraction of sp³-hybridized carbons (Fsp3) is 0.600. The Kier molecular flexibility index (Phi) is 3.37. The fourth-order valence-corrected chi connectivity index (χ4v) is 3.54. The first-order valence-electron chi connectivity index (χ1n) is 5.39. The van der Waals surface area contributed by atoms with Gasteiger partial charge in [0.05, 0.1) is 18.0 Å². The van der Waals surface area contributed by atoms with E-state index in [-0.39, 0.29) is 12.4 Å². The van der Waals surface area contributed by atoms with Crippen LogP contribution in [0.15, 0.2) is 17.1 Å². The van der Waals surface area contributed by atoms with Crippen LogP contribution in [0.2, 0.25) is 0 Å². The second-order valence-electron chi connectivity index (χ2n) is 4.42. The van der Waals surface area contributed by atoms with Crippen molar-refractivity contribution in [1.82, 2.24) is 9.55 Å². The number of hydrogen-bond donors (Lipinski definition) is 4. The van der Waals surface area contributed by atoms with Gasteiger partial charge in [0, 0.05) is 6.20 Å². The van der Waals surface area contributed by atoms with Crippen LogP contribution in [0.1, 0.15) is 12.3 Å². The van der Waals surface area contributed by atoms with Gasteiger partial charge >= 0.3 is 5.69 Å². The van der Waals surface area contributed by atoms with Crippen molar-refractivity contribution >= 4 is 17.6 Å². The van der Waals surface area contributed by atoms with E-state index in [1.165, 1.54) is 23.8 Å². The summed E-state index contributed by atoms with van der Waals surface area (Å²) >= 11 is 1.13. The van der Waals surface area contributed by atoms with Crippen LogP contribution in [-0.2, 0) is 0 Å². The number of nitrogen functional groups attached to an aromatic ring is 1. The predicted molar refractivity (Wildman–Crippen MR) is 67.0 cm³/mol. The molecule has 0 amide bonds. The highest BCUT2D eigenvalue weighted by Gasteiger charge is 2.52. The van der Waals surface area contributed by atoms with Crippen LogP contribution in [0, 0.1) is 0 Å². The lowest BCUT2D eigenvalue weighted by Crippen LogP contribution is -2.46. The van der Waals surface area contributed by atoms with Gasteiger partial charge in [0.1, 0.15) is 16.8 Å². The lowest BCUT2D eigenvalue weighted by atomic mass is 9.96. The van der Waals surface area contributed by atoms with E-state index in [4.69, 9.17) is 10.8 Å². The smallest absolute Gasteiger partial charge is 0.350 e. The maximum absolute atomic E-state index is 11.7. The summed E-state index contributed by atoms with van der Waals surface area (Å²) < 4.78 is 1.21. The number of nitrogens with zero attached hydrogens (tertiary/aromatic N) is 2. The highest BCUT2D eigenvalue weighted by Crippen LogP contribution is 2.47. The summed E-state index contributed by atoms with van der Waals surface area (Å²) in [5.74, 6) is 0.0955. The van der Waals surface area contributed by atoms with Crippen molar-refractivity contribution < 1.29 is 15.3 Å². The molecule has 0 bridgehead atoms. The molecule has 0 saturated carbocycles. The number of anilines is 1. The summed E-state index contributed by atoms with van der Waals surface area (Å²) in [4.78, 5) is 15.3. The molecule has 8 heteroatoms. The molecule has 0 spiro atoms. The van der Waals surface area contributed by atoms with Gasteiger partial charge in [0.2, 0.25) is 0 Å². The van der Waals surface area contributed by atoms with Crippen molar-refractivity contribution in [3.63, 3.8) is 0 Å². The minimum absolute atomic E-state index is 0.0955. The third kappa shape index (κ3) is 2.01. The maximum atomic E-state index is 11.7. The molecule has 2 heterocycles.